The van der Waals surface area contributed by atoms with Crippen molar-refractivity contribution >= 4 is 23.5 Å². The lowest BCUT2D eigenvalue weighted by Gasteiger charge is -2.34. The molecule has 32 heavy (non-hydrogen) atoms. The van der Waals surface area contributed by atoms with E-state index in [9.17, 15) is 19.5 Å². The predicted molar refractivity (Wildman–Crippen MR) is 113 cm³/mol. The first-order valence-electron chi connectivity index (χ1n) is 11.1. The highest BCUT2D eigenvalue weighted by Crippen LogP contribution is 2.40. The number of benzene rings is 1. The third-order valence-corrected chi connectivity index (χ3v) is 6.69. The van der Waals surface area contributed by atoms with Gasteiger partial charge < -0.3 is 19.5 Å². The summed E-state index contributed by atoms with van der Waals surface area (Å²) in [5.41, 5.74) is 0.723. The molecule has 170 valence electrons. The molecular weight excluding hydrogens is 414 g/mol. The lowest BCUT2D eigenvalue weighted by molar-refractivity contribution is -0.153. The molecule has 3 heterocycles. The fourth-order valence-electron chi connectivity index (χ4n) is 5.12. The SMILES string of the molecule is CC(=O)OC(CN1C(=O)C2CC=CCC2C1=O)CN1CCN(c2ccccc2O)C2OC21. The quantitative estimate of drug-likeness (QED) is 0.303. The minimum atomic E-state index is -0.630. The number of hydrogen-bond acceptors (Lipinski definition) is 8. The minimum Gasteiger partial charge on any atom is -0.506 e. The molecule has 4 aliphatic rings. The first-order chi connectivity index (χ1) is 15.4. The summed E-state index contributed by atoms with van der Waals surface area (Å²) in [5.74, 6) is -1.20. The van der Waals surface area contributed by atoms with Crippen molar-refractivity contribution in [3.05, 3.63) is 36.4 Å². The lowest BCUT2D eigenvalue weighted by atomic mass is 9.85. The van der Waals surface area contributed by atoms with Gasteiger partial charge in [0.25, 0.3) is 0 Å². The second-order valence-corrected chi connectivity index (χ2v) is 8.77. The number of anilines is 1. The Kier molecular flexibility index (Phi) is 5.38. The molecule has 0 bridgehead atoms. The maximum absolute atomic E-state index is 12.8. The number of nitrogens with zero attached hydrogens (tertiary/aromatic N) is 3. The number of para-hydroxylation sites is 2. The molecule has 2 amide bonds. The van der Waals surface area contributed by atoms with Gasteiger partial charge in [-0.3, -0.25) is 24.2 Å². The van der Waals surface area contributed by atoms with Gasteiger partial charge in [-0.15, -0.1) is 0 Å². The fourth-order valence-corrected chi connectivity index (χ4v) is 5.12. The van der Waals surface area contributed by atoms with Gasteiger partial charge in [0.2, 0.25) is 11.8 Å². The summed E-state index contributed by atoms with van der Waals surface area (Å²) in [4.78, 5) is 42.8. The molecule has 1 aromatic carbocycles. The number of epoxide rings is 1. The summed E-state index contributed by atoms with van der Waals surface area (Å²) in [7, 11) is 0. The molecule has 9 nitrogen and oxygen atoms in total. The number of esters is 1. The van der Waals surface area contributed by atoms with Crippen LogP contribution in [0.3, 0.4) is 0 Å². The molecule has 1 aromatic rings. The first-order valence-corrected chi connectivity index (χ1v) is 11.1. The number of imide groups is 1. The number of carbonyl (C=O) groups is 3. The van der Waals surface area contributed by atoms with Crippen molar-refractivity contribution in [2.75, 3.05) is 31.1 Å². The summed E-state index contributed by atoms with van der Waals surface area (Å²) in [6.45, 7) is 3.01. The number of rotatable bonds is 6. The highest BCUT2D eigenvalue weighted by molar-refractivity contribution is 6.05. The maximum atomic E-state index is 12.8. The number of phenolic OH excluding ortho intramolecular Hbond substituents is 1. The van der Waals surface area contributed by atoms with Crippen LogP contribution in [-0.4, -0.2) is 77.4 Å². The number of fused-ring (bicyclic) bond motifs is 2. The third-order valence-electron chi connectivity index (χ3n) is 6.69. The third kappa shape index (κ3) is 3.75. The van der Waals surface area contributed by atoms with E-state index in [1.807, 2.05) is 29.2 Å². The van der Waals surface area contributed by atoms with E-state index in [-0.39, 0.29) is 48.4 Å². The van der Waals surface area contributed by atoms with Gasteiger partial charge in [0.05, 0.1) is 24.1 Å². The van der Waals surface area contributed by atoms with Crippen LogP contribution >= 0.6 is 0 Å². The molecule has 0 spiro atoms. The normalized spacial score (nSPS) is 30.2. The van der Waals surface area contributed by atoms with Crippen LogP contribution < -0.4 is 4.90 Å². The molecule has 0 aromatic heterocycles. The highest BCUT2D eigenvalue weighted by Gasteiger charge is 2.53. The Balaban J connectivity index is 1.25. The number of piperazine rings is 1. The summed E-state index contributed by atoms with van der Waals surface area (Å²) in [5, 5.41) is 10.2. The zero-order valence-corrected chi connectivity index (χ0v) is 17.9. The van der Waals surface area contributed by atoms with E-state index in [1.54, 1.807) is 12.1 Å². The highest BCUT2D eigenvalue weighted by atomic mass is 16.6. The summed E-state index contributed by atoms with van der Waals surface area (Å²) in [6, 6.07) is 7.14. The number of carbonyl (C=O) groups excluding carboxylic acids is 3. The molecular formula is C23H27N3O6. The molecule has 1 aliphatic carbocycles. The van der Waals surface area contributed by atoms with E-state index >= 15 is 0 Å². The van der Waals surface area contributed by atoms with Gasteiger partial charge in [-0.1, -0.05) is 24.3 Å². The summed E-state index contributed by atoms with van der Waals surface area (Å²) in [6.07, 6.45) is 4.04. The van der Waals surface area contributed by atoms with E-state index in [0.717, 1.165) is 5.69 Å². The van der Waals surface area contributed by atoms with Crippen molar-refractivity contribution in [3.8, 4) is 5.75 Å². The summed E-state index contributed by atoms with van der Waals surface area (Å²) >= 11 is 0. The molecule has 1 N–H and O–H groups in total. The van der Waals surface area contributed by atoms with Crippen LogP contribution in [0.4, 0.5) is 5.69 Å². The Morgan fingerprint density at radius 2 is 1.78 bits per heavy atom. The number of aromatic hydroxyl groups is 1. The zero-order chi connectivity index (χ0) is 22.4. The molecule has 5 atom stereocenters. The summed E-state index contributed by atoms with van der Waals surface area (Å²) < 4.78 is 11.4. The van der Waals surface area contributed by atoms with E-state index in [4.69, 9.17) is 9.47 Å². The second-order valence-electron chi connectivity index (χ2n) is 8.77. The topological polar surface area (TPSA) is 103 Å². The van der Waals surface area contributed by atoms with Crippen molar-refractivity contribution in [1.82, 2.24) is 9.80 Å². The van der Waals surface area contributed by atoms with Crippen molar-refractivity contribution in [1.29, 1.82) is 0 Å². The van der Waals surface area contributed by atoms with Crippen molar-refractivity contribution < 1.29 is 29.0 Å². The van der Waals surface area contributed by atoms with Crippen molar-refractivity contribution in [2.24, 2.45) is 11.8 Å². The number of allylic oxidation sites excluding steroid dienone is 2. The van der Waals surface area contributed by atoms with Crippen molar-refractivity contribution in [3.63, 3.8) is 0 Å². The number of likely N-dealkylation sites (tertiary alicyclic amines) is 1. The molecule has 5 rings (SSSR count). The Morgan fingerprint density at radius 1 is 1.09 bits per heavy atom. The van der Waals surface area contributed by atoms with Gasteiger partial charge in [0, 0.05) is 26.6 Å². The van der Waals surface area contributed by atoms with E-state index in [2.05, 4.69) is 4.90 Å². The van der Waals surface area contributed by atoms with Crippen molar-refractivity contribution in [2.45, 2.75) is 38.3 Å². The van der Waals surface area contributed by atoms with Gasteiger partial charge in [-0.05, 0) is 25.0 Å². The first kappa shape index (κ1) is 21.0. The standard InChI is InChI=1S/C23H27N3O6/c1-14(27)31-15(13-26-20(29)16-6-2-3-7-17(16)21(26)30)12-24-10-11-25(23-22(24)32-23)18-8-4-5-9-19(18)28/h2-5,8-9,15-17,22-23,28H,6-7,10-13H2,1H3. The van der Waals surface area contributed by atoms with Crippen LogP contribution in [0.15, 0.2) is 36.4 Å². The smallest absolute Gasteiger partial charge is 0.303 e. The van der Waals surface area contributed by atoms with Crippen LogP contribution in [0.25, 0.3) is 0 Å². The minimum absolute atomic E-state index is 0.0569. The van der Waals surface area contributed by atoms with Gasteiger partial charge in [-0.25, -0.2) is 0 Å². The second kappa shape index (κ2) is 8.22. The number of amides is 2. The van der Waals surface area contributed by atoms with Gasteiger partial charge >= 0.3 is 5.97 Å². The molecule has 5 unspecified atom stereocenters. The number of hydrogen-bond donors (Lipinski definition) is 1. The average Bonchev–Trinajstić information content (AvgIpc) is 3.54. The predicted octanol–water partition coefficient (Wildman–Crippen LogP) is 1.08. The van der Waals surface area contributed by atoms with Gasteiger partial charge in [-0.2, -0.15) is 0 Å². The van der Waals surface area contributed by atoms with E-state index in [0.29, 0.717) is 32.5 Å². The molecule has 3 aliphatic heterocycles. The van der Waals surface area contributed by atoms with Crippen LogP contribution in [0, 0.1) is 11.8 Å². The largest absolute Gasteiger partial charge is 0.506 e. The number of ether oxygens (including phenoxy) is 2. The zero-order valence-electron chi connectivity index (χ0n) is 17.9. The Bertz CT molecular complexity index is 939. The fraction of sp³-hybridized carbons (Fsp3) is 0.522. The Labute approximate surface area is 186 Å². The molecule has 9 heteroatoms. The molecule has 3 fully saturated rings. The van der Waals surface area contributed by atoms with E-state index < -0.39 is 12.1 Å². The Hall–Kier alpha value is -2.91. The lowest BCUT2D eigenvalue weighted by Crippen LogP contribution is -2.51. The Morgan fingerprint density at radius 3 is 2.44 bits per heavy atom. The monoisotopic (exact) mass is 441 g/mol. The maximum Gasteiger partial charge on any atom is 0.303 e. The van der Waals surface area contributed by atoms with Crippen LogP contribution in [0.1, 0.15) is 19.8 Å². The van der Waals surface area contributed by atoms with E-state index in [1.165, 1.54) is 11.8 Å². The van der Waals surface area contributed by atoms with Crippen LogP contribution in [0.5, 0.6) is 5.75 Å². The molecule has 0 saturated carbocycles. The molecule has 3 saturated heterocycles. The van der Waals surface area contributed by atoms with Gasteiger partial charge in [0.1, 0.15) is 11.9 Å². The van der Waals surface area contributed by atoms with Gasteiger partial charge in [0.15, 0.2) is 12.5 Å². The van der Waals surface area contributed by atoms with Crippen LogP contribution in [0.2, 0.25) is 0 Å². The molecule has 0 radical (unpaired) electrons. The van der Waals surface area contributed by atoms with Crippen LogP contribution in [-0.2, 0) is 23.9 Å². The average molecular weight is 441 g/mol. The number of phenols is 1.